The van der Waals surface area contributed by atoms with Gasteiger partial charge in [-0.15, -0.1) is 0 Å². The van der Waals surface area contributed by atoms with Crippen molar-refractivity contribution in [3.05, 3.63) is 88.3 Å². The molecule has 1 aliphatic carbocycles. The lowest BCUT2D eigenvalue weighted by molar-refractivity contribution is -0.118. The number of carbonyl (C=O) groups is 1. The van der Waals surface area contributed by atoms with E-state index in [0.717, 1.165) is 40.3 Å². The Morgan fingerprint density at radius 3 is 2.63 bits per heavy atom. The maximum absolute atomic E-state index is 13.1. The molecule has 2 aromatic carbocycles. The van der Waals surface area contributed by atoms with E-state index in [-0.39, 0.29) is 17.1 Å². The quantitative estimate of drug-likeness (QED) is 0.750. The van der Waals surface area contributed by atoms with Gasteiger partial charge in [0.15, 0.2) is 5.78 Å². The van der Waals surface area contributed by atoms with E-state index in [2.05, 4.69) is 25.2 Å². The molecule has 0 bridgehead atoms. The SMILES string of the molecule is CC1=C(C#N)[C@H](c2cccc(OCc3ccccc3)c2)C2=C(CC(C)(C)CC2=O)N1. The van der Waals surface area contributed by atoms with Gasteiger partial charge < -0.3 is 10.1 Å². The molecular weight excluding hydrogens is 372 g/mol. The highest BCUT2D eigenvalue weighted by Crippen LogP contribution is 2.46. The van der Waals surface area contributed by atoms with Crippen LogP contribution in [0.5, 0.6) is 5.75 Å². The van der Waals surface area contributed by atoms with Crippen molar-refractivity contribution in [1.29, 1.82) is 5.26 Å². The molecule has 1 heterocycles. The van der Waals surface area contributed by atoms with Crippen LogP contribution in [0.3, 0.4) is 0 Å². The summed E-state index contributed by atoms with van der Waals surface area (Å²) in [5, 5.41) is 13.2. The second-order valence-corrected chi connectivity index (χ2v) is 8.89. The van der Waals surface area contributed by atoms with Gasteiger partial charge in [-0.25, -0.2) is 0 Å². The Bertz CT molecular complexity index is 1090. The van der Waals surface area contributed by atoms with Gasteiger partial charge in [0.25, 0.3) is 0 Å². The summed E-state index contributed by atoms with van der Waals surface area (Å²) in [4.78, 5) is 13.1. The number of carbonyl (C=O) groups excluding carboxylic acids is 1. The largest absolute Gasteiger partial charge is 0.489 e. The van der Waals surface area contributed by atoms with Crippen LogP contribution < -0.4 is 10.1 Å². The first kappa shape index (κ1) is 20.0. The fraction of sp³-hybridized carbons (Fsp3) is 0.308. The van der Waals surface area contributed by atoms with Gasteiger partial charge in [-0.1, -0.05) is 56.3 Å². The molecule has 0 aromatic heterocycles. The zero-order valence-corrected chi connectivity index (χ0v) is 17.7. The molecular formula is C26H26N2O2. The van der Waals surface area contributed by atoms with Crippen molar-refractivity contribution in [2.75, 3.05) is 0 Å². The van der Waals surface area contributed by atoms with Crippen molar-refractivity contribution >= 4 is 5.78 Å². The maximum atomic E-state index is 13.1. The van der Waals surface area contributed by atoms with E-state index in [1.54, 1.807) is 0 Å². The molecule has 0 spiro atoms. The van der Waals surface area contributed by atoms with Gasteiger partial charge in [-0.2, -0.15) is 5.26 Å². The number of dihydropyridines is 1. The normalized spacial score (nSPS) is 20.3. The van der Waals surface area contributed by atoms with E-state index in [1.165, 1.54) is 0 Å². The summed E-state index contributed by atoms with van der Waals surface area (Å²) in [5.41, 5.74) is 5.03. The number of ether oxygens (including phenoxy) is 1. The Hall–Kier alpha value is -3.32. The second-order valence-electron chi connectivity index (χ2n) is 8.89. The van der Waals surface area contributed by atoms with Gasteiger partial charge in [0.1, 0.15) is 12.4 Å². The van der Waals surface area contributed by atoms with Gasteiger partial charge in [0, 0.05) is 23.4 Å². The third kappa shape index (κ3) is 3.89. The molecule has 1 N–H and O–H groups in total. The molecule has 0 radical (unpaired) electrons. The minimum Gasteiger partial charge on any atom is -0.489 e. The number of rotatable bonds is 4. The number of benzene rings is 2. The van der Waals surface area contributed by atoms with Crippen LogP contribution in [0.25, 0.3) is 0 Å². The number of nitrogens with one attached hydrogen (secondary N) is 1. The van der Waals surface area contributed by atoms with E-state index in [1.807, 2.05) is 61.5 Å². The molecule has 1 atom stereocenters. The molecule has 0 unspecified atom stereocenters. The molecule has 30 heavy (non-hydrogen) atoms. The Morgan fingerprint density at radius 2 is 1.90 bits per heavy atom. The molecule has 0 fully saturated rings. The average Bonchev–Trinajstić information content (AvgIpc) is 2.71. The molecule has 2 aromatic rings. The number of hydrogen-bond donors (Lipinski definition) is 1. The lowest BCUT2D eigenvalue weighted by Crippen LogP contribution is -2.36. The second kappa shape index (κ2) is 7.84. The zero-order chi connectivity index (χ0) is 21.3. The monoisotopic (exact) mass is 398 g/mol. The van der Waals surface area contributed by atoms with Crippen molar-refractivity contribution in [2.45, 2.75) is 46.1 Å². The Morgan fingerprint density at radius 1 is 1.13 bits per heavy atom. The number of nitriles is 1. The first-order valence-electron chi connectivity index (χ1n) is 10.3. The molecule has 0 saturated heterocycles. The number of allylic oxidation sites excluding steroid dienone is 4. The van der Waals surface area contributed by atoms with Crippen molar-refractivity contribution < 1.29 is 9.53 Å². The topological polar surface area (TPSA) is 62.1 Å². The molecule has 4 nitrogen and oxygen atoms in total. The predicted octanol–water partition coefficient (Wildman–Crippen LogP) is 5.39. The maximum Gasteiger partial charge on any atom is 0.162 e. The van der Waals surface area contributed by atoms with Crippen LogP contribution in [0.4, 0.5) is 0 Å². The molecule has 2 aliphatic rings. The number of hydrogen-bond acceptors (Lipinski definition) is 4. The van der Waals surface area contributed by atoms with Gasteiger partial charge in [0.2, 0.25) is 0 Å². The van der Waals surface area contributed by atoms with Gasteiger partial charge in [-0.05, 0) is 42.0 Å². The Kier molecular flexibility index (Phi) is 5.22. The fourth-order valence-corrected chi connectivity index (χ4v) is 4.44. The number of ketones is 1. The van der Waals surface area contributed by atoms with Gasteiger partial charge in [0.05, 0.1) is 17.6 Å². The Balaban J connectivity index is 1.70. The minimum atomic E-state index is -0.352. The summed E-state index contributed by atoms with van der Waals surface area (Å²) >= 11 is 0. The van der Waals surface area contributed by atoms with Crippen molar-refractivity contribution in [1.82, 2.24) is 5.32 Å². The molecule has 0 amide bonds. The zero-order valence-electron chi connectivity index (χ0n) is 17.7. The van der Waals surface area contributed by atoms with Crippen molar-refractivity contribution in [3.8, 4) is 11.8 Å². The van der Waals surface area contributed by atoms with Crippen LogP contribution in [0.2, 0.25) is 0 Å². The highest BCUT2D eigenvalue weighted by atomic mass is 16.5. The van der Waals surface area contributed by atoms with Crippen LogP contribution in [-0.4, -0.2) is 5.78 Å². The molecule has 152 valence electrons. The summed E-state index contributed by atoms with van der Waals surface area (Å²) in [6.45, 7) is 6.61. The van der Waals surface area contributed by atoms with E-state index in [4.69, 9.17) is 4.74 Å². The number of nitrogens with zero attached hydrogens (tertiary/aromatic N) is 1. The third-order valence-electron chi connectivity index (χ3n) is 5.80. The summed E-state index contributed by atoms with van der Waals surface area (Å²) in [6.07, 6.45) is 1.29. The lowest BCUT2D eigenvalue weighted by atomic mass is 9.69. The summed E-state index contributed by atoms with van der Waals surface area (Å²) in [6, 6.07) is 20.1. The van der Waals surface area contributed by atoms with E-state index < -0.39 is 0 Å². The summed E-state index contributed by atoms with van der Waals surface area (Å²) in [7, 11) is 0. The van der Waals surface area contributed by atoms with Crippen molar-refractivity contribution in [3.63, 3.8) is 0 Å². The average molecular weight is 399 g/mol. The van der Waals surface area contributed by atoms with Crippen LogP contribution in [0.1, 0.15) is 50.7 Å². The lowest BCUT2D eigenvalue weighted by Gasteiger charge is -2.38. The molecule has 4 rings (SSSR count). The summed E-state index contributed by atoms with van der Waals surface area (Å²) in [5.74, 6) is 0.500. The molecule has 0 saturated carbocycles. The van der Waals surface area contributed by atoms with E-state index in [9.17, 15) is 10.1 Å². The van der Waals surface area contributed by atoms with Crippen LogP contribution >= 0.6 is 0 Å². The third-order valence-corrected chi connectivity index (χ3v) is 5.80. The fourth-order valence-electron chi connectivity index (χ4n) is 4.44. The Labute approximate surface area is 177 Å². The first-order chi connectivity index (χ1) is 14.4. The molecule has 4 heteroatoms. The molecule has 1 aliphatic heterocycles. The van der Waals surface area contributed by atoms with Crippen LogP contribution in [0.15, 0.2) is 77.1 Å². The van der Waals surface area contributed by atoms with Crippen LogP contribution in [0, 0.1) is 16.7 Å². The first-order valence-corrected chi connectivity index (χ1v) is 10.3. The standard InChI is InChI=1S/C26H26N2O2/c1-17-21(15-27)24(25-22(28-17)13-26(2,3)14-23(25)29)19-10-7-11-20(12-19)30-16-18-8-5-4-6-9-18/h4-12,24,28H,13-14,16H2,1-3H3/t24-/m0/s1. The predicted molar refractivity (Wildman–Crippen MR) is 116 cm³/mol. The smallest absolute Gasteiger partial charge is 0.162 e. The summed E-state index contributed by atoms with van der Waals surface area (Å²) < 4.78 is 6.00. The highest BCUT2D eigenvalue weighted by Gasteiger charge is 2.41. The minimum absolute atomic E-state index is 0.0848. The van der Waals surface area contributed by atoms with Gasteiger partial charge >= 0.3 is 0 Å². The van der Waals surface area contributed by atoms with E-state index >= 15 is 0 Å². The highest BCUT2D eigenvalue weighted by molar-refractivity contribution is 6.00. The van der Waals surface area contributed by atoms with E-state index in [0.29, 0.717) is 18.6 Å². The number of Topliss-reactive ketones (excluding diaryl/α,β-unsaturated/α-hetero) is 1. The van der Waals surface area contributed by atoms with Crippen LogP contribution in [-0.2, 0) is 11.4 Å². The van der Waals surface area contributed by atoms with Crippen molar-refractivity contribution in [2.24, 2.45) is 5.41 Å². The van der Waals surface area contributed by atoms with Gasteiger partial charge in [-0.3, -0.25) is 4.79 Å².